The molecule has 3 N–H and O–H groups in total. The van der Waals surface area contributed by atoms with E-state index in [1.165, 1.54) is 9.80 Å². The summed E-state index contributed by atoms with van der Waals surface area (Å²) in [7, 11) is 0. The normalized spacial score (nSPS) is 32.3. The van der Waals surface area contributed by atoms with E-state index >= 15 is 0 Å². The lowest BCUT2D eigenvalue weighted by molar-refractivity contribution is -0.163. The molecule has 0 aliphatic carbocycles. The molecule has 0 unspecified atom stereocenters. The second-order valence-electron chi connectivity index (χ2n) is 7.98. The Bertz CT molecular complexity index is 829. The van der Waals surface area contributed by atoms with Gasteiger partial charge in [0.25, 0.3) is 0 Å². The van der Waals surface area contributed by atoms with Crippen molar-refractivity contribution in [3.8, 4) is 0 Å². The number of carboxylic acid groups (broad SMARTS) is 1. The number of fused-ring (bicyclic) bond motifs is 1. The standard InChI is InChI=1S/C21H26N2O4S2/c1-11-17-16(12(2)24)20(25)23(17)18(21(26)27)19(11)29-15-8-13(22-9-15)10-28-14-6-4-3-5-7-14/h3-7,11-13,15-17,22,24H,8-10H2,1-2H3,(H,26,27)/t11-,12-,13+,15+,16-,17-/m1/s1. The number of carbonyl (C=O) groups excluding carboxylic acids is 1. The molecule has 0 spiro atoms. The Hall–Kier alpha value is -1.48. The van der Waals surface area contributed by atoms with Gasteiger partial charge in [0.2, 0.25) is 5.91 Å². The maximum absolute atomic E-state index is 12.4. The van der Waals surface area contributed by atoms with E-state index in [1.54, 1.807) is 18.7 Å². The lowest BCUT2D eigenvalue weighted by Gasteiger charge is -2.46. The van der Waals surface area contributed by atoms with Gasteiger partial charge in [-0.2, -0.15) is 0 Å². The quantitative estimate of drug-likeness (QED) is 0.448. The fourth-order valence-corrected chi connectivity index (χ4v) is 7.09. The van der Waals surface area contributed by atoms with Crippen molar-refractivity contribution < 1.29 is 19.8 Å². The molecule has 0 saturated carbocycles. The highest BCUT2D eigenvalue weighted by Crippen LogP contribution is 2.51. The highest BCUT2D eigenvalue weighted by Gasteiger charge is 2.60. The summed E-state index contributed by atoms with van der Waals surface area (Å²) in [5.41, 5.74) is 0.122. The van der Waals surface area contributed by atoms with E-state index in [4.69, 9.17) is 0 Å². The molecule has 8 heteroatoms. The predicted octanol–water partition coefficient (Wildman–Crippen LogP) is 2.40. The van der Waals surface area contributed by atoms with Crippen LogP contribution in [-0.2, 0) is 9.59 Å². The molecule has 6 atom stereocenters. The molecule has 3 aliphatic heterocycles. The molecule has 156 valence electrons. The molecule has 4 rings (SSSR count). The first kappa shape index (κ1) is 20.8. The van der Waals surface area contributed by atoms with Crippen molar-refractivity contribution in [3.05, 3.63) is 40.9 Å². The van der Waals surface area contributed by atoms with Gasteiger partial charge in [0.15, 0.2) is 0 Å². The van der Waals surface area contributed by atoms with Gasteiger partial charge in [-0.1, -0.05) is 25.1 Å². The number of aliphatic hydroxyl groups is 1. The fraction of sp³-hybridized carbons (Fsp3) is 0.524. The van der Waals surface area contributed by atoms with E-state index in [-0.39, 0.29) is 28.8 Å². The number of amides is 1. The number of aliphatic carboxylic acids is 1. The lowest BCUT2D eigenvalue weighted by atomic mass is 9.79. The molecule has 0 radical (unpaired) electrons. The van der Waals surface area contributed by atoms with Gasteiger partial charge in [-0.3, -0.25) is 4.79 Å². The van der Waals surface area contributed by atoms with Crippen LogP contribution < -0.4 is 5.32 Å². The summed E-state index contributed by atoms with van der Waals surface area (Å²) in [6.45, 7) is 4.41. The topological polar surface area (TPSA) is 89.9 Å². The third kappa shape index (κ3) is 3.83. The minimum Gasteiger partial charge on any atom is -0.477 e. The monoisotopic (exact) mass is 434 g/mol. The highest BCUT2D eigenvalue weighted by atomic mass is 32.2. The summed E-state index contributed by atoms with van der Waals surface area (Å²) in [6, 6.07) is 10.4. The first-order valence-electron chi connectivity index (χ1n) is 9.95. The molecule has 0 bridgehead atoms. The van der Waals surface area contributed by atoms with Gasteiger partial charge >= 0.3 is 5.97 Å². The number of benzene rings is 1. The number of thioether (sulfide) groups is 2. The average Bonchev–Trinajstić information content (AvgIpc) is 3.22. The summed E-state index contributed by atoms with van der Waals surface area (Å²) in [5.74, 6) is -0.929. The van der Waals surface area contributed by atoms with Gasteiger partial charge < -0.3 is 20.4 Å². The molecular weight excluding hydrogens is 408 g/mol. The summed E-state index contributed by atoms with van der Waals surface area (Å²) in [5, 5.41) is 23.5. The number of β-lactam (4-membered cyclic amide) rings is 1. The Kier molecular flexibility index (Phi) is 5.97. The van der Waals surface area contributed by atoms with Gasteiger partial charge in [-0.05, 0) is 25.5 Å². The zero-order chi connectivity index (χ0) is 20.7. The van der Waals surface area contributed by atoms with Crippen LogP contribution in [0.25, 0.3) is 0 Å². The molecule has 1 aromatic rings. The summed E-state index contributed by atoms with van der Waals surface area (Å²) >= 11 is 3.42. The molecule has 1 aromatic carbocycles. The molecule has 3 heterocycles. The van der Waals surface area contributed by atoms with Gasteiger partial charge in [0.05, 0.1) is 18.1 Å². The predicted molar refractivity (Wildman–Crippen MR) is 115 cm³/mol. The number of aliphatic hydroxyl groups excluding tert-OH is 1. The summed E-state index contributed by atoms with van der Waals surface area (Å²) in [4.78, 5) is 27.8. The van der Waals surface area contributed by atoms with Crippen molar-refractivity contribution in [1.82, 2.24) is 10.2 Å². The number of hydrogen-bond donors (Lipinski definition) is 3. The SMILES string of the molecule is C[C@@H](O)[C@H]1C(=O)N2C(C(=O)O)=C(S[C@@H]3CN[C@H](CSc4ccccc4)C3)[C@H](C)[C@H]12. The zero-order valence-corrected chi connectivity index (χ0v) is 18.1. The number of nitrogens with zero attached hydrogens (tertiary/aromatic N) is 1. The van der Waals surface area contributed by atoms with Crippen LogP contribution in [0.3, 0.4) is 0 Å². The van der Waals surface area contributed by atoms with Crippen LogP contribution in [0.5, 0.6) is 0 Å². The van der Waals surface area contributed by atoms with E-state index in [0.29, 0.717) is 6.04 Å². The highest BCUT2D eigenvalue weighted by molar-refractivity contribution is 8.03. The number of hydrogen-bond acceptors (Lipinski definition) is 6. The Balaban J connectivity index is 1.41. The van der Waals surface area contributed by atoms with E-state index < -0.39 is 18.0 Å². The van der Waals surface area contributed by atoms with Crippen molar-refractivity contribution in [3.63, 3.8) is 0 Å². The number of nitrogens with one attached hydrogen (secondary N) is 1. The Morgan fingerprint density at radius 2 is 2.07 bits per heavy atom. The first-order valence-corrected chi connectivity index (χ1v) is 11.8. The van der Waals surface area contributed by atoms with E-state index in [9.17, 15) is 19.8 Å². The molecule has 6 nitrogen and oxygen atoms in total. The number of carboxylic acids is 1. The maximum Gasteiger partial charge on any atom is 0.353 e. The lowest BCUT2D eigenvalue weighted by Crippen LogP contribution is -2.63. The van der Waals surface area contributed by atoms with Crippen LogP contribution in [0.15, 0.2) is 45.8 Å². The van der Waals surface area contributed by atoms with E-state index in [1.807, 2.05) is 36.9 Å². The number of carbonyl (C=O) groups is 2. The van der Waals surface area contributed by atoms with Gasteiger partial charge in [-0.15, -0.1) is 23.5 Å². The van der Waals surface area contributed by atoms with Crippen molar-refractivity contribution in [2.45, 2.75) is 48.6 Å². The van der Waals surface area contributed by atoms with Crippen LogP contribution in [-0.4, -0.2) is 62.7 Å². The molecule has 1 amide bonds. The Labute approximate surface area is 179 Å². The van der Waals surface area contributed by atoms with Gasteiger partial charge in [0.1, 0.15) is 5.70 Å². The van der Waals surface area contributed by atoms with Gasteiger partial charge in [0, 0.05) is 39.3 Å². The zero-order valence-electron chi connectivity index (χ0n) is 16.4. The molecule has 2 saturated heterocycles. The Morgan fingerprint density at radius 3 is 2.72 bits per heavy atom. The van der Waals surface area contributed by atoms with Crippen LogP contribution in [0.1, 0.15) is 20.3 Å². The molecule has 3 aliphatic rings. The van der Waals surface area contributed by atoms with Crippen LogP contribution >= 0.6 is 23.5 Å². The minimum atomic E-state index is -1.05. The van der Waals surface area contributed by atoms with Crippen molar-refractivity contribution in [2.24, 2.45) is 11.8 Å². The average molecular weight is 435 g/mol. The summed E-state index contributed by atoms with van der Waals surface area (Å²) < 4.78 is 0. The van der Waals surface area contributed by atoms with E-state index in [2.05, 4.69) is 17.4 Å². The summed E-state index contributed by atoms with van der Waals surface area (Å²) in [6.07, 6.45) is 0.199. The smallest absolute Gasteiger partial charge is 0.353 e. The second-order valence-corrected chi connectivity index (χ2v) is 10.4. The molecule has 29 heavy (non-hydrogen) atoms. The van der Waals surface area contributed by atoms with E-state index in [0.717, 1.165) is 23.6 Å². The molecule has 0 aromatic heterocycles. The maximum atomic E-state index is 12.4. The number of rotatable bonds is 7. The first-order chi connectivity index (χ1) is 13.9. The van der Waals surface area contributed by atoms with Gasteiger partial charge in [-0.25, -0.2) is 4.79 Å². The third-order valence-corrected chi connectivity index (χ3v) is 8.67. The largest absolute Gasteiger partial charge is 0.477 e. The minimum absolute atomic E-state index is 0.0684. The molecular formula is C21H26N2O4S2. The van der Waals surface area contributed by atoms with Crippen molar-refractivity contribution >= 4 is 35.4 Å². The third-order valence-electron chi connectivity index (χ3n) is 5.98. The van der Waals surface area contributed by atoms with Crippen LogP contribution in [0, 0.1) is 11.8 Å². The van der Waals surface area contributed by atoms with Crippen molar-refractivity contribution in [1.29, 1.82) is 0 Å². The second kappa shape index (κ2) is 8.34. The van der Waals surface area contributed by atoms with Crippen LogP contribution in [0.2, 0.25) is 0 Å². The van der Waals surface area contributed by atoms with Crippen LogP contribution in [0.4, 0.5) is 0 Å². The Morgan fingerprint density at radius 1 is 1.34 bits per heavy atom. The fourth-order valence-electron chi connectivity index (χ4n) is 4.57. The van der Waals surface area contributed by atoms with Crippen molar-refractivity contribution in [2.75, 3.05) is 12.3 Å². The molecule has 2 fully saturated rings.